The Labute approximate surface area is 239 Å². The number of carbonyl (C=O) groups is 3. The number of methoxy groups -OCH3 is 1. The number of nitrogens with zero attached hydrogens (tertiary/aromatic N) is 3. The Kier molecular flexibility index (Phi) is 8.42. The van der Waals surface area contributed by atoms with E-state index in [0.29, 0.717) is 22.8 Å². The Morgan fingerprint density at radius 3 is 2.80 bits per heavy atom. The number of hydrogen-bond acceptors (Lipinski definition) is 9. The van der Waals surface area contributed by atoms with Crippen LogP contribution >= 0.6 is 23.5 Å². The molecule has 2 aromatic carbocycles. The van der Waals surface area contributed by atoms with Crippen LogP contribution in [-0.4, -0.2) is 56.9 Å². The van der Waals surface area contributed by atoms with Crippen molar-refractivity contribution in [2.45, 2.75) is 35.8 Å². The van der Waals surface area contributed by atoms with Gasteiger partial charge in [0.2, 0.25) is 5.91 Å². The van der Waals surface area contributed by atoms with Crippen LogP contribution in [0.15, 0.2) is 76.4 Å². The maximum atomic E-state index is 13.5. The number of ether oxygens (including phenoxy) is 2. The SMILES string of the molecule is COc1ccc(COC(=O)C2=C(Sc3cccc(Cc4ncc[nH]4)c3)CS[C@H]3[C@H](NC(=O)CC#N)C(=O)N23)cc1. The minimum atomic E-state index is -0.807. The Morgan fingerprint density at radius 1 is 1.25 bits per heavy atom. The van der Waals surface area contributed by atoms with Crippen molar-refractivity contribution in [3.63, 3.8) is 0 Å². The van der Waals surface area contributed by atoms with E-state index in [4.69, 9.17) is 14.7 Å². The fourth-order valence-electron chi connectivity index (χ4n) is 4.34. The summed E-state index contributed by atoms with van der Waals surface area (Å²) in [5.74, 6) is 0.417. The monoisotopic (exact) mass is 575 g/mol. The van der Waals surface area contributed by atoms with Crippen LogP contribution in [-0.2, 0) is 32.1 Å². The lowest BCUT2D eigenvalue weighted by Crippen LogP contribution is -2.70. The van der Waals surface area contributed by atoms with E-state index < -0.39 is 29.2 Å². The van der Waals surface area contributed by atoms with E-state index in [1.807, 2.05) is 24.3 Å². The molecule has 3 heterocycles. The van der Waals surface area contributed by atoms with Gasteiger partial charge in [0.1, 0.15) is 41.7 Å². The summed E-state index contributed by atoms with van der Waals surface area (Å²) in [5, 5.41) is 11.0. The van der Waals surface area contributed by atoms with Gasteiger partial charge in [-0.25, -0.2) is 9.78 Å². The smallest absolute Gasteiger partial charge is 0.356 e. The number of nitriles is 1. The number of β-lactam (4-membered cyclic amide) rings is 1. The lowest BCUT2D eigenvalue weighted by molar-refractivity contribution is -0.153. The van der Waals surface area contributed by atoms with E-state index in [-0.39, 0.29) is 18.7 Å². The number of nitrogens with one attached hydrogen (secondary N) is 2. The lowest BCUT2D eigenvalue weighted by Gasteiger charge is -2.49. The molecule has 2 aliphatic heterocycles. The topological polar surface area (TPSA) is 137 Å². The van der Waals surface area contributed by atoms with Gasteiger partial charge in [-0.15, -0.1) is 11.8 Å². The van der Waals surface area contributed by atoms with E-state index in [1.165, 1.54) is 28.4 Å². The first-order chi connectivity index (χ1) is 19.5. The van der Waals surface area contributed by atoms with Gasteiger partial charge in [-0.1, -0.05) is 36.0 Å². The van der Waals surface area contributed by atoms with Crippen molar-refractivity contribution < 1.29 is 23.9 Å². The van der Waals surface area contributed by atoms with Crippen molar-refractivity contribution in [3.8, 4) is 11.8 Å². The van der Waals surface area contributed by atoms with E-state index in [0.717, 1.165) is 21.8 Å². The molecule has 1 saturated heterocycles. The summed E-state index contributed by atoms with van der Waals surface area (Å²) in [6, 6.07) is 16.1. The number of hydrogen-bond donors (Lipinski definition) is 2. The molecule has 0 saturated carbocycles. The van der Waals surface area contributed by atoms with E-state index >= 15 is 0 Å². The molecule has 10 nitrogen and oxygen atoms in total. The Bertz CT molecular complexity index is 1480. The van der Waals surface area contributed by atoms with Crippen molar-refractivity contribution in [3.05, 3.63) is 88.5 Å². The van der Waals surface area contributed by atoms with Gasteiger partial charge in [0.05, 0.1) is 13.2 Å². The van der Waals surface area contributed by atoms with Gasteiger partial charge < -0.3 is 19.8 Å². The van der Waals surface area contributed by atoms with Crippen LogP contribution in [0.4, 0.5) is 0 Å². The van der Waals surface area contributed by atoms with Crippen molar-refractivity contribution in [2.75, 3.05) is 12.9 Å². The molecule has 3 aromatic rings. The van der Waals surface area contributed by atoms with E-state index in [1.54, 1.807) is 49.8 Å². The van der Waals surface area contributed by atoms with Crippen LogP contribution in [0.1, 0.15) is 23.4 Å². The number of thioether (sulfide) groups is 2. The van der Waals surface area contributed by atoms with Gasteiger partial charge in [0, 0.05) is 34.4 Å². The highest BCUT2D eigenvalue weighted by Gasteiger charge is 2.54. The summed E-state index contributed by atoms with van der Waals surface area (Å²) in [6.45, 7) is 0.0189. The summed E-state index contributed by atoms with van der Waals surface area (Å²) >= 11 is 2.86. The largest absolute Gasteiger partial charge is 0.497 e. The molecule has 1 aromatic heterocycles. The van der Waals surface area contributed by atoms with Crippen LogP contribution < -0.4 is 10.1 Å². The zero-order valence-corrected chi connectivity index (χ0v) is 23.1. The van der Waals surface area contributed by atoms with Crippen LogP contribution in [0, 0.1) is 11.3 Å². The Balaban J connectivity index is 1.38. The third kappa shape index (κ3) is 6.00. The molecule has 0 aliphatic carbocycles. The highest BCUT2D eigenvalue weighted by atomic mass is 32.2. The van der Waals surface area contributed by atoms with Gasteiger partial charge >= 0.3 is 5.97 Å². The minimum absolute atomic E-state index is 0.0189. The van der Waals surface area contributed by atoms with Crippen LogP contribution in [0.3, 0.4) is 0 Å². The Hall–Kier alpha value is -4.21. The fraction of sp³-hybridized carbons (Fsp3) is 0.250. The fourth-order valence-corrected chi connectivity index (χ4v) is 6.90. The van der Waals surface area contributed by atoms with Crippen molar-refractivity contribution in [1.29, 1.82) is 5.26 Å². The first-order valence-electron chi connectivity index (χ1n) is 12.4. The predicted molar refractivity (Wildman–Crippen MR) is 149 cm³/mol. The molecule has 204 valence electrons. The molecule has 0 bridgehead atoms. The van der Waals surface area contributed by atoms with Gasteiger partial charge in [-0.2, -0.15) is 5.26 Å². The number of fused-ring (bicyclic) bond motifs is 1. The summed E-state index contributed by atoms with van der Waals surface area (Å²) in [6.07, 6.45) is 3.77. The number of aromatic amines is 1. The Morgan fingerprint density at radius 2 is 2.08 bits per heavy atom. The number of imidazole rings is 1. The van der Waals surface area contributed by atoms with E-state index in [9.17, 15) is 14.4 Å². The second-order valence-corrected chi connectivity index (χ2v) is 11.2. The summed E-state index contributed by atoms with van der Waals surface area (Å²) in [7, 11) is 1.57. The summed E-state index contributed by atoms with van der Waals surface area (Å²) < 4.78 is 10.8. The summed E-state index contributed by atoms with van der Waals surface area (Å²) in [5.41, 5.74) is 1.99. The average Bonchev–Trinajstić information content (AvgIpc) is 3.48. The first-order valence-corrected chi connectivity index (χ1v) is 14.2. The second kappa shape index (κ2) is 12.3. The number of amides is 2. The van der Waals surface area contributed by atoms with Gasteiger partial charge in [-0.05, 0) is 35.4 Å². The molecular weight excluding hydrogens is 550 g/mol. The molecule has 2 atom stereocenters. The standard InChI is InChI=1S/C28H25N5O5S2/c1-37-19-7-5-17(6-8-19)15-38-28(36)25-21(16-39-27-24(26(35)33(25)27)32-23(34)9-10-29)40-20-4-2-3-18(13-20)14-22-30-11-12-31-22/h2-8,11-13,24,27H,9,14-16H2,1H3,(H,30,31)(H,32,34)/t24-,27+/m1/s1. The number of benzene rings is 2. The number of esters is 1. The molecule has 2 amide bonds. The molecule has 0 spiro atoms. The number of carbonyl (C=O) groups excluding carboxylic acids is 3. The predicted octanol–water partition coefficient (Wildman–Crippen LogP) is 3.37. The summed E-state index contributed by atoms with van der Waals surface area (Å²) in [4.78, 5) is 49.0. The zero-order chi connectivity index (χ0) is 28.1. The van der Waals surface area contributed by atoms with Crippen LogP contribution in [0.25, 0.3) is 0 Å². The second-order valence-electron chi connectivity index (χ2n) is 8.95. The van der Waals surface area contributed by atoms with E-state index in [2.05, 4.69) is 15.3 Å². The van der Waals surface area contributed by atoms with Gasteiger partial charge in [-0.3, -0.25) is 14.5 Å². The highest BCUT2D eigenvalue weighted by molar-refractivity contribution is 8.06. The maximum Gasteiger partial charge on any atom is 0.356 e. The number of rotatable bonds is 10. The van der Waals surface area contributed by atoms with Crippen LogP contribution in [0.5, 0.6) is 5.75 Å². The number of H-pyrrole nitrogens is 1. The van der Waals surface area contributed by atoms with Crippen molar-refractivity contribution >= 4 is 41.3 Å². The van der Waals surface area contributed by atoms with Crippen molar-refractivity contribution in [2.24, 2.45) is 0 Å². The minimum Gasteiger partial charge on any atom is -0.497 e. The van der Waals surface area contributed by atoms with Crippen molar-refractivity contribution in [1.82, 2.24) is 20.2 Å². The molecule has 5 rings (SSSR count). The molecule has 1 fully saturated rings. The quantitative estimate of drug-likeness (QED) is 0.275. The molecule has 40 heavy (non-hydrogen) atoms. The normalized spacial score (nSPS) is 17.9. The third-order valence-corrected chi connectivity index (χ3v) is 8.81. The van der Waals surface area contributed by atoms with Gasteiger partial charge in [0.15, 0.2) is 0 Å². The zero-order valence-electron chi connectivity index (χ0n) is 21.5. The molecule has 0 radical (unpaired) electrons. The molecular formula is C28H25N5O5S2. The third-order valence-electron chi connectivity index (χ3n) is 6.28. The highest BCUT2D eigenvalue weighted by Crippen LogP contribution is 2.45. The number of aromatic nitrogens is 2. The van der Waals surface area contributed by atoms with Crippen LogP contribution in [0.2, 0.25) is 0 Å². The maximum absolute atomic E-state index is 13.5. The lowest BCUT2D eigenvalue weighted by atomic mass is 10.0. The molecule has 12 heteroatoms. The average molecular weight is 576 g/mol. The first kappa shape index (κ1) is 27.4. The molecule has 2 aliphatic rings. The molecule has 0 unspecified atom stereocenters. The molecule has 2 N–H and O–H groups in total. The van der Waals surface area contributed by atoms with Gasteiger partial charge in [0.25, 0.3) is 5.91 Å².